The van der Waals surface area contributed by atoms with Gasteiger partial charge in [0.2, 0.25) is 0 Å². The summed E-state index contributed by atoms with van der Waals surface area (Å²) in [6.07, 6.45) is 9.49. The average molecular weight is 352 g/mol. The zero-order valence-electron chi connectivity index (χ0n) is 13.6. The van der Waals surface area contributed by atoms with Gasteiger partial charge in [0, 0.05) is 17.1 Å². The fraction of sp³-hybridized carbons (Fsp3) is 0.684. The number of unbranched alkanes of at least 4 members (excludes halogenated alkanes) is 1. The van der Waals surface area contributed by atoms with Crippen molar-refractivity contribution in [2.24, 2.45) is 5.92 Å². The Bertz CT molecular complexity index is 397. The standard InChI is InChI=1S/C19H30BrN/c1-3-5-6-15(4-2)13-17(14-21-19-11-12-19)16-7-9-18(20)10-8-16/h7-10,15,17,19,21H,3-6,11-14H2,1-2H3. The van der Waals surface area contributed by atoms with E-state index in [0.717, 1.165) is 18.5 Å². The van der Waals surface area contributed by atoms with Crippen LogP contribution in [0.5, 0.6) is 0 Å². The van der Waals surface area contributed by atoms with Gasteiger partial charge in [-0.3, -0.25) is 0 Å². The van der Waals surface area contributed by atoms with E-state index in [4.69, 9.17) is 0 Å². The van der Waals surface area contributed by atoms with Gasteiger partial charge in [0.05, 0.1) is 0 Å². The SMILES string of the molecule is CCCCC(CC)CC(CNC1CC1)c1ccc(Br)cc1. The van der Waals surface area contributed by atoms with Gasteiger partial charge in [0.15, 0.2) is 0 Å². The first-order valence-corrected chi connectivity index (χ1v) is 9.51. The Hall–Kier alpha value is -0.340. The second kappa shape index (κ2) is 8.95. The highest BCUT2D eigenvalue weighted by atomic mass is 79.9. The lowest BCUT2D eigenvalue weighted by atomic mass is 9.85. The van der Waals surface area contributed by atoms with Gasteiger partial charge in [-0.1, -0.05) is 67.6 Å². The van der Waals surface area contributed by atoms with Gasteiger partial charge in [-0.05, 0) is 48.8 Å². The molecule has 1 fully saturated rings. The third-order valence-corrected chi connectivity index (χ3v) is 5.26. The van der Waals surface area contributed by atoms with Crippen molar-refractivity contribution < 1.29 is 0 Å². The van der Waals surface area contributed by atoms with Crippen molar-refractivity contribution in [2.45, 2.75) is 70.8 Å². The van der Waals surface area contributed by atoms with Crippen molar-refractivity contribution in [2.75, 3.05) is 6.54 Å². The van der Waals surface area contributed by atoms with Gasteiger partial charge >= 0.3 is 0 Å². The molecule has 2 rings (SSSR count). The predicted octanol–water partition coefficient (Wildman–Crippen LogP) is 5.89. The molecule has 2 atom stereocenters. The van der Waals surface area contributed by atoms with Crippen molar-refractivity contribution in [3.05, 3.63) is 34.3 Å². The molecule has 1 saturated carbocycles. The van der Waals surface area contributed by atoms with E-state index in [1.807, 2.05) is 0 Å². The summed E-state index contributed by atoms with van der Waals surface area (Å²) in [7, 11) is 0. The quantitative estimate of drug-likeness (QED) is 0.553. The largest absolute Gasteiger partial charge is 0.313 e. The minimum atomic E-state index is 0.667. The van der Waals surface area contributed by atoms with Gasteiger partial charge in [-0.2, -0.15) is 0 Å². The molecule has 0 bridgehead atoms. The van der Waals surface area contributed by atoms with E-state index in [0.29, 0.717) is 5.92 Å². The molecule has 2 heteroatoms. The molecule has 1 nitrogen and oxygen atoms in total. The Morgan fingerprint density at radius 2 is 1.90 bits per heavy atom. The number of nitrogens with one attached hydrogen (secondary N) is 1. The molecule has 0 spiro atoms. The average Bonchev–Trinajstić information content (AvgIpc) is 3.32. The van der Waals surface area contributed by atoms with Crippen LogP contribution in [-0.2, 0) is 0 Å². The molecule has 1 aromatic carbocycles. The first kappa shape index (κ1) is 17.0. The Morgan fingerprint density at radius 3 is 2.48 bits per heavy atom. The summed E-state index contributed by atoms with van der Waals surface area (Å²) in [6.45, 7) is 5.80. The first-order valence-electron chi connectivity index (χ1n) is 8.71. The maximum Gasteiger partial charge on any atom is 0.0175 e. The first-order chi connectivity index (χ1) is 10.2. The highest BCUT2D eigenvalue weighted by Gasteiger charge is 2.23. The normalized spacial score (nSPS) is 17.7. The summed E-state index contributed by atoms with van der Waals surface area (Å²) in [5.74, 6) is 1.54. The van der Waals surface area contributed by atoms with Gasteiger partial charge < -0.3 is 5.32 Å². The van der Waals surface area contributed by atoms with Gasteiger partial charge in [-0.15, -0.1) is 0 Å². The summed E-state index contributed by atoms with van der Waals surface area (Å²) in [5, 5.41) is 3.74. The Morgan fingerprint density at radius 1 is 1.19 bits per heavy atom. The highest BCUT2D eigenvalue weighted by molar-refractivity contribution is 9.10. The molecule has 21 heavy (non-hydrogen) atoms. The lowest BCUT2D eigenvalue weighted by molar-refractivity contribution is 0.375. The van der Waals surface area contributed by atoms with Crippen LogP contribution in [-0.4, -0.2) is 12.6 Å². The maximum atomic E-state index is 3.74. The molecule has 1 aliphatic rings. The van der Waals surface area contributed by atoms with Crippen LogP contribution in [0.4, 0.5) is 0 Å². The number of benzene rings is 1. The lowest BCUT2D eigenvalue weighted by Crippen LogP contribution is -2.25. The second-order valence-corrected chi connectivity index (χ2v) is 7.50. The number of rotatable bonds is 10. The van der Waals surface area contributed by atoms with Crippen LogP contribution in [0.1, 0.15) is 70.3 Å². The van der Waals surface area contributed by atoms with Crippen LogP contribution in [0, 0.1) is 5.92 Å². The van der Waals surface area contributed by atoms with Crippen molar-refractivity contribution in [3.63, 3.8) is 0 Å². The maximum absolute atomic E-state index is 3.74. The van der Waals surface area contributed by atoms with E-state index in [1.165, 1.54) is 55.0 Å². The van der Waals surface area contributed by atoms with Crippen LogP contribution in [0.15, 0.2) is 28.7 Å². The third kappa shape index (κ3) is 6.12. The van der Waals surface area contributed by atoms with Gasteiger partial charge in [-0.25, -0.2) is 0 Å². The van der Waals surface area contributed by atoms with Gasteiger partial charge in [0.1, 0.15) is 0 Å². The highest BCUT2D eigenvalue weighted by Crippen LogP contribution is 2.30. The van der Waals surface area contributed by atoms with E-state index >= 15 is 0 Å². The molecule has 0 saturated heterocycles. The van der Waals surface area contributed by atoms with E-state index in [9.17, 15) is 0 Å². The van der Waals surface area contributed by atoms with Crippen molar-refractivity contribution >= 4 is 15.9 Å². The van der Waals surface area contributed by atoms with Crippen LogP contribution in [0.25, 0.3) is 0 Å². The molecule has 0 aliphatic heterocycles. The molecular formula is C19H30BrN. The smallest absolute Gasteiger partial charge is 0.0175 e. The number of hydrogen-bond donors (Lipinski definition) is 1. The molecule has 0 aromatic heterocycles. The summed E-state index contributed by atoms with van der Waals surface area (Å²) in [6, 6.07) is 9.78. The monoisotopic (exact) mass is 351 g/mol. The molecule has 1 aliphatic carbocycles. The van der Waals surface area contributed by atoms with Crippen molar-refractivity contribution in [1.29, 1.82) is 0 Å². The van der Waals surface area contributed by atoms with Crippen LogP contribution >= 0.6 is 15.9 Å². The van der Waals surface area contributed by atoms with E-state index < -0.39 is 0 Å². The Kier molecular flexibility index (Phi) is 7.25. The fourth-order valence-corrected chi connectivity index (χ4v) is 3.32. The second-order valence-electron chi connectivity index (χ2n) is 6.58. The summed E-state index contributed by atoms with van der Waals surface area (Å²) < 4.78 is 1.18. The topological polar surface area (TPSA) is 12.0 Å². The molecule has 1 aromatic rings. The van der Waals surface area contributed by atoms with Crippen molar-refractivity contribution in [3.8, 4) is 0 Å². The molecule has 0 amide bonds. The summed E-state index contributed by atoms with van der Waals surface area (Å²) in [4.78, 5) is 0. The Labute approximate surface area is 139 Å². The summed E-state index contributed by atoms with van der Waals surface area (Å²) in [5.41, 5.74) is 1.50. The minimum Gasteiger partial charge on any atom is -0.313 e. The third-order valence-electron chi connectivity index (χ3n) is 4.73. The Balaban J connectivity index is 1.97. The van der Waals surface area contributed by atoms with Crippen LogP contribution in [0.2, 0.25) is 0 Å². The van der Waals surface area contributed by atoms with Crippen molar-refractivity contribution in [1.82, 2.24) is 5.32 Å². The minimum absolute atomic E-state index is 0.667. The van der Waals surface area contributed by atoms with E-state index in [-0.39, 0.29) is 0 Å². The van der Waals surface area contributed by atoms with Gasteiger partial charge in [0.25, 0.3) is 0 Å². The molecular weight excluding hydrogens is 322 g/mol. The fourth-order valence-electron chi connectivity index (χ4n) is 3.05. The molecule has 0 radical (unpaired) electrons. The zero-order chi connectivity index (χ0) is 15.1. The molecule has 2 unspecified atom stereocenters. The number of halogens is 1. The molecule has 0 heterocycles. The van der Waals surface area contributed by atoms with Crippen LogP contribution < -0.4 is 5.32 Å². The molecule has 1 N–H and O–H groups in total. The zero-order valence-corrected chi connectivity index (χ0v) is 15.2. The predicted molar refractivity (Wildman–Crippen MR) is 95.8 cm³/mol. The van der Waals surface area contributed by atoms with E-state index in [1.54, 1.807) is 0 Å². The van der Waals surface area contributed by atoms with E-state index in [2.05, 4.69) is 59.4 Å². The number of hydrogen-bond acceptors (Lipinski definition) is 1. The van der Waals surface area contributed by atoms with Crippen LogP contribution in [0.3, 0.4) is 0 Å². The summed E-state index contributed by atoms with van der Waals surface area (Å²) >= 11 is 3.55. The molecule has 118 valence electrons. The lowest BCUT2D eigenvalue weighted by Gasteiger charge is -2.24.